The normalized spacial score (nSPS) is 23.2. The van der Waals surface area contributed by atoms with Crippen molar-refractivity contribution in [3.63, 3.8) is 0 Å². The average Bonchev–Trinajstić information content (AvgIpc) is 3.24. The van der Waals surface area contributed by atoms with Crippen molar-refractivity contribution in [2.45, 2.75) is 45.1 Å². The summed E-state index contributed by atoms with van der Waals surface area (Å²) in [6, 6.07) is 7.56. The molecule has 4 heteroatoms. The predicted octanol–water partition coefficient (Wildman–Crippen LogP) is 2.23. The largest absolute Gasteiger partial charge is 0.342 e. The molecule has 0 spiro atoms. The third kappa shape index (κ3) is 2.67. The second-order valence-corrected chi connectivity index (χ2v) is 7.07. The summed E-state index contributed by atoms with van der Waals surface area (Å²) in [7, 11) is 0. The molecule has 1 aliphatic heterocycles. The molecular formula is C17H22N2O2. The number of amides is 2. The Labute approximate surface area is 125 Å². The summed E-state index contributed by atoms with van der Waals surface area (Å²) in [5.74, 6) is 0.301. The molecule has 21 heavy (non-hydrogen) atoms. The fourth-order valence-corrected chi connectivity index (χ4v) is 2.97. The van der Waals surface area contributed by atoms with Crippen LogP contribution in [0.25, 0.3) is 0 Å². The fourth-order valence-electron chi connectivity index (χ4n) is 2.97. The van der Waals surface area contributed by atoms with Crippen molar-refractivity contribution in [2.24, 2.45) is 5.92 Å². The summed E-state index contributed by atoms with van der Waals surface area (Å²) in [4.78, 5) is 26.4. The fraction of sp³-hybridized carbons (Fsp3) is 0.529. The molecule has 1 aliphatic carbocycles. The number of hydrogen-bond donors (Lipinski definition) is 1. The van der Waals surface area contributed by atoms with Gasteiger partial charge in [-0.05, 0) is 35.8 Å². The first-order valence-corrected chi connectivity index (χ1v) is 7.58. The molecule has 1 unspecified atom stereocenters. The van der Waals surface area contributed by atoms with E-state index in [0.717, 1.165) is 24.1 Å². The summed E-state index contributed by atoms with van der Waals surface area (Å²) in [6.07, 6.45) is 2.07. The van der Waals surface area contributed by atoms with Gasteiger partial charge in [0, 0.05) is 5.69 Å². The number of anilines is 1. The van der Waals surface area contributed by atoms with Gasteiger partial charge in [0.25, 0.3) is 0 Å². The van der Waals surface area contributed by atoms with Crippen molar-refractivity contribution in [3.05, 3.63) is 29.8 Å². The topological polar surface area (TPSA) is 49.4 Å². The van der Waals surface area contributed by atoms with Gasteiger partial charge >= 0.3 is 0 Å². The maximum absolute atomic E-state index is 12.7. The van der Waals surface area contributed by atoms with Crippen LogP contribution >= 0.6 is 0 Å². The molecule has 4 nitrogen and oxygen atoms in total. The minimum absolute atomic E-state index is 0.0359. The number of rotatable bonds is 2. The summed E-state index contributed by atoms with van der Waals surface area (Å²) in [5.41, 5.74) is 1.90. The Balaban J connectivity index is 1.99. The quantitative estimate of drug-likeness (QED) is 0.906. The highest BCUT2D eigenvalue weighted by molar-refractivity contribution is 6.07. The van der Waals surface area contributed by atoms with Crippen LogP contribution in [0.2, 0.25) is 0 Å². The van der Waals surface area contributed by atoms with Gasteiger partial charge in [0.05, 0.1) is 0 Å². The van der Waals surface area contributed by atoms with Crippen molar-refractivity contribution in [2.75, 3.05) is 11.4 Å². The molecule has 0 aromatic heterocycles. The van der Waals surface area contributed by atoms with Crippen LogP contribution < -0.4 is 10.2 Å². The highest BCUT2D eigenvalue weighted by Crippen LogP contribution is 2.37. The van der Waals surface area contributed by atoms with E-state index in [4.69, 9.17) is 0 Å². The first-order valence-electron chi connectivity index (χ1n) is 7.58. The Morgan fingerprint density at radius 1 is 1.14 bits per heavy atom. The van der Waals surface area contributed by atoms with Crippen molar-refractivity contribution in [3.8, 4) is 0 Å². The van der Waals surface area contributed by atoms with Gasteiger partial charge in [-0.2, -0.15) is 0 Å². The lowest BCUT2D eigenvalue weighted by molar-refractivity contribution is -0.131. The first-order chi connectivity index (χ1) is 9.88. The molecule has 1 aromatic rings. The number of piperazine rings is 1. The average molecular weight is 286 g/mol. The summed E-state index contributed by atoms with van der Waals surface area (Å²) < 4.78 is 0. The monoisotopic (exact) mass is 286 g/mol. The standard InChI is InChI=1S/C17H22N2O2/c1-17(2,3)12-6-4-5-7-13(12)19-10-14(20)18-15(16(19)21)11-8-9-11/h4-7,11,15H,8-10H2,1-3H3,(H,18,20). The minimum Gasteiger partial charge on any atom is -0.342 e. The lowest BCUT2D eigenvalue weighted by atomic mass is 9.85. The van der Waals surface area contributed by atoms with Gasteiger partial charge in [0.15, 0.2) is 0 Å². The van der Waals surface area contributed by atoms with Gasteiger partial charge < -0.3 is 10.2 Å². The Morgan fingerprint density at radius 3 is 2.43 bits per heavy atom. The SMILES string of the molecule is CC(C)(C)c1ccccc1N1CC(=O)NC(C2CC2)C1=O. The van der Waals surface area contributed by atoms with E-state index >= 15 is 0 Å². The van der Waals surface area contributed by atoms with E-state index in [1.165, 1.54) is 0 Å². The third-order valence-corrected chi connectivity index (χ3v) is 4.25. The molecule has 1 saturated carbocycles. The molecule has 0 bridgehead atoms. The first kappa shape index (κ1) is 14.1. The number of hydrogen-bond acceptors (Lipinski definition) is 2. The van der Waals surface area contributed by atoms with E-state index in [2.05, 4.69) is 26.1 Å². The van der Waals surface area contributed by atoms with Gasteiger partial charge in [-0.15, -0.1) is 0 Å². The second-order valence-electron chi connectivity index (χ2n) is 7.07. The predicted molar refractivity (Wildman–Crippen MR) is 82.1 cm³/mol. The van der Waals surface area contributed by atoms with Crippen LogP contribution in [0.1, 0.15) is 39.2 Å². The maximum atomic E-state index is 12.7. The smallest absolute Gasteiger partial charge is 0.250 e. The van der Waals surface area contributed by atoms with E-state index in [-0.39, 0.29) is 29.8 Å². The second kappa shape index (κ2) is 4.86. The molecule has 112 valence electrons. The van der Waals surface area contributed by atoms with Gasteiger partial charge in [-0.1, -0.05) is 39.0 Å². The van der Waals surface area contributed by atoms with Gasteiger partial charge in [-0.3, -0.25) is 9.59 Å². The zero-order valence-electron chi connectivity index (χ0n) is 12.8. The Hall–Kier alpha value is -1.84. The molecule has 2 amide bonds. The van der Waals surface area contributed by atoms with E-state index in [1.54, 1.807) is 4.90 Å². The molecule has 2 aliphatic rings. The molecular weight excluding hydrogens is 264 g/mol. The molecule has 1 heterocycles. The zero-order chi connectivity index (χ0) is 15.2. The molecule has 0 radical (unpaired) electrons. The van der Waals surface area contributed by atoms with Crippen molar-refractivity contribution in [1.82, 2.24) is 5.32 Å². The van der Waals surface area contributed by atoms with Crippen LogP contribution in [0.3, 0.4) is 0 Å². The summed E-state index contributed by atoms with van der Waals surface area (Å²) in [5, 5.41) is 2.86. The van der Waals surface area contributed by atoms with E-state index in [9.17, 15) is 9.59 Å². The minimum atomic E-state index is -0.334. The number of carbonyl (C=O) groups excluding carboxylic acids is 2. The van der Waals surface area contributed by atoms with Gasteiger partial charge in [-0.25, -0.2) is 0 Å². The molecule has 1 saturated heterocycles. The molecule has 1 N–H and O–H groups in total. The van der Waals surface area contributed by atoms with E-state index in [1.807, 2.05) is 24.3 Å². The van der Waals surface area contributed by atoms with Crippen LogP contribution in [0.15, 0.2) is 24.3 Å². The van der Waals surface area contributed by atoms with Crippen molar-refractivity contribution < 1.29 is 9.59 Å². The number of para-hydroxylation sites is 1. The molecule has 1 aromatic carbocycles. The highest BCUT2D eigenvalue weighted by Gasteiger charge is 2.43. The van der Waals surface area contributed by atoms with E-state index < -0.39 is 0 Å². The zero-order valence-corrected chi connectivity index (χ0v) is 12.8. The lowest BCUT2D eigenvalue weighted by Crippen LogP contribution is -2.59. The molecule has 3 rings (SSSR count). The summed E-state index contributed by atoms with van der Waals surface area (Å²) >= 11 is 0. The number of benzene rings is 1. The number of nitrogens with zero attached hydrogens (tertiary/aromatic N) is 1. The maximum Gasteiger partial charge on any atom is 0.250 e. The number of carbonyl (C=O) groups is 2. The highest BCUT2D eigenvalue weighted by atomic mass is 16.2. The summed E-state index contributed by atoms with van der Waals surface area (Å²) in [6.45, 7) is 6.49. The van der Waals surface area contributed by atoms with Crippen LogP contribution in [0, 0.1) is 5.92 Å². The Kier molecular flexibility index (Phi) is 3.27. The van der Waals surface area contributed by atoms with Crippen molar-refractivity contribution in [1.29, 1.82) is 0 Å². The van der Waals surface area contributed by atoms with Crippen molar-refractivity contribution >= 4 is 17.5 Å². The molecule has 1 atom stereocenters. The Bertz CT molecular complexity index is 585. The third-order valence-electron chi connectivity index (χ3n) is 4.25. The van der Waals surface area contributed by atoms with Crippen LogP contribution in [-0.4, -0.2) is 24.4 Å². The van der Waals surface area contributed by atoms with Crippen LogP contribution in [0.4, 0.5) is 5.69 Å². The molecule has 2 fully saturated rings. The van der Waals surface area contributed by atoms with Gasteiger partial charge in [0.2, 0.25) is 11.8 Å². The van der Waals surface area contributed by atoms with Crippen LogP contribution in [-0.2, 0) is 15.0 Å². The van der Waals surface area contributed by atoms with Gasteiger partial charge in [0.1, 0.15) is 12.6 Å². The number of nitrogens with one attached hydrogen (secondary N) is 1. The van der Waals surface area contributed by atoms with Crippen LogP contribution in [0.5, 0.6) is 0 Å². The van der Waals surface area contributed by atoms with E-state index in [0.29, 0.717) is 5.92 Å². The lowest BCUT2D eigenvalue weighted by Gasteiger charge is -2.35. The Morgan fingerprint density at radius 2 is 1.81 bits per heavy atom.